The topological polar surface area (TPSA) is 17.1 Å². The third kappa shape index (κ3) is 2.93. The van der Waals surface area contributed by atoms with Crippen LogP contribution in [-0.4, -0.2) is 12.5 Å². The highest BCUT2D eigenvalue weighted by Gasteiger charge is 2.25. The number of hydrogen-bond donors (Lipinski definition) is 0. The van der Waals surface area contributed by atoms with E-state index < -0.39 is 0 Å². The van der Waals surface area contributed by atoms with Crippen LogP contribution < -0.4 is 5.43 Å². The normalized spacial score (nSPS) is 17.1. The summed E-state index contributed by atoms with van der Waals surface area (Å²) < 4.78 is 5.20. The molecule has 0 amide bonds. The average molecular weight is 425 g/mol. The maximum Gasteiger partial charge on any atom is 0.188 e. The highest BCUT2D eigenvalue weighted by Crippen LogP contribution is 2.59. The number of thioether (sulfide) groups is 5. The summed E-state index contributed by atoms with van der Waals surface area (Å²) in [6, 6.07) is 5.75. The van der Waals surface area contributed by atoms with E-state index in [0.29, 0.717) is 0 Å². The van der Waals surface area contributed by atoms with E-state index in [1.165, 1.54) is 28.7 Å². The van der Waals surface area contributed by atoms with Crippen LogP contribution >= 0.6 is 70.1 Å². The first-order valence-electron chi connectivity index (χ1n) is 7.03. The molecule has 0 unspecified atom stereocenters. The first-order chi connectivity index (χ1) is 11.7. The van der Waals surface area contributed by atoms with Gasteiger partial charge in [-0.3, -0.25) is 4.79 Å². The lowest BCUT2D eigenvalue weighted by molar-refractivity contribution is 1.48. The Morgan fingerprint density at radius 2 is 1.75 bits per heavy atom. The number of fused-ring (bicyclic) bond motifs is 3. The Hall–Kier alpha value is -0.180. The van der Waals surface area contributed by atoms with E-state index in [1.54, 1.807) is 29.2 Å². The Balaban J connectivity index is 1.88. The SMILES string of the molecule is CSC1=C(SC)SC(=C2C=CSc3c2ccc2c(=O)ccsc32)S1. The second kappa shape index (κ2) is 7.21. The fourth-order valence-corrected chi connectivity index (χ4v) is 9.58. The van der Waals surface area contributed by atoms with Crippen LogP contribution in [0.5, 0.6) is 0 Å². The number of hydrogen-bond acceptors (Lipinski definition) is 7. The molecular formula is C17H12OS6. The quantitative estimate of drug-likeness (QED) is 0.519. The lowest BCUT2D eigenvalue weighted by Crippen LogP contribution is -2.00. The molecule has 0 fully saturated rings. The van der Waals surface area contributed by atoms with Crippen LogP contribution in [0, 0.1) is 0 Å². The van der Waals surface area contributed by atoms with Gasteiger partial charge in [0.2, 0.25) is 0 Å². The monoisotopic (exact) mass is 424 g/mol. The van der Waals surface area contributed by atoms with Crippen molar-refractivity contribution in [3.63, 3.8) is 0 Å². The molecule has 0 atom stereocenters. The van der Waals surface area contributed by atoms with Crippen LogP contribution in [0.25, 0.3) is 15.7 Å². The van der Waals surface area contributed by atoms with E-state index in [-0.39, 0.29) is 5.43 Å². The van der Waals surface area contributed by atoms with Crippen molar-refractivity contribution < 1.29 is 0 Å². The molecule has 0 aliphatic carbocycles. The molecule has 2 aliphatic rings. The van der Waals surface area contributed by atoms with Gasteiger partial charge in [0, 0.05) is 15.9 Å². The molecule has 0 bridgehead atoms. The molecule has 24 heavy (non-hydrogen) atoms. The molecule has 1 aromatic heterocycles. The molecule has 122 valence electrons. The van der Waals surface area contributed by atoms with Crippen molar-refractivity contribution in [3.05, 3.63) is 63.6 Å². The van der Waals surface area contributed by atoms with E-state index in [0.717, 1.165) is 10.1 Å². The molecule has 0 N–H and O–H groups in total. The van der Waals surface area contributed by atoms with Gasteiger partial charge in [0.15, 0.2) is 5.43 Å². The fourth-order valence-electron chi connectivity index (χ4n) is 2.53. The zero-order valence-corrected chi connectivity index (χ0v) is 17.7. The first-order valence-corrected chi connectivity index (χ1v) is 12.9. The van der Waals surface area contributed by atoms with Gasteiger partial charge in [0.05, 0.1) is 17.4 Å². The van der Waals surface area contributed by atoms with Gasteiger partial charge in [0.25, 0.3) is 0 Å². The van der Waals surface area contributed by atoms with Crippen LogP contribution in [0.1, 0.15) is 5.56 Å². The summed E-state index contributed by atoms with van der Waals surface area (Å²) in [5.74, 6) is 0. The summed E-state index contributed by atoms with van der Waals surface area (Å²) in [5.41, 5.74) is 2.63. The van der Waals surface area contributed by atoms with Gasteiger partial charge in [-0.15, -0.1) is 34.9 Å². The second-order valence-corrected chi connectivity index (χ2v) is 11.2. The molecule has 3 heterocycles. The number of benzene rings is 1. The van der Waals surface area contributed by atoms with Crippen LogP contribution in [0.15, 0.2) is 57.5 Å². The highest BCUT2D eigenvalue weighted by atomic mass is 32.3. The van der Waals surface area contributed by atoms with Crippen LogP contribution in [0.4, 0.5) is 0 Å². The van der Waals surface area contributed by atoms with Gasteiger partial charge < -0.3 is 0 Å². The van der Waals surface area contributed by atoms with Crippen molar-refractivity contribution in [2.24, 2.45) is 0 Å². The highest BCUT2D eigenvalue weighted by molar-refractivity contribution is 8.40. The molecule has 0 saturated heterocycles. The average Bonchev–Trinajstić information content (AvgIpc) is 3.04. The summed E-state index contributed by atoms with van der Waals surface area (Å²) in [6.45, 7) is 0. The minimum absolute atomic E-state index is 0.108. The van der Waals surface area contributed by atoms with E-state index >= 15 is 0 Å². The van der Waals surface area contributed by atoms with Crippen molar-refractivity contribution in [2.45, 2.75) is 4.90 Å². The van der Waals surface area contributed by atoms with Crippen LogP contribution in [0.3, 0.4) is 0 Å². The lowest BCUT2D eigenvalue weighted by atomic mass is 10.1. The van der Waals surface area contributed by atoms with Gasteiger partial charge in [-0.1, -0.05) is 41.4 Å². The van der Waals surface area contributed by atoms with Crippen molar-refractivity contribution in [3.8, 4) is 0 Å². The zero-order chi connectivity index (χ0) is 16.7. The van der Waals surface area contributed by atoms with Gasteiger partial charge in [-0.2, -0.15) is 0 Å². The molecular weight excluding hydrogens is 413 g/mol. The van der Waals surface area contributed by atoms with Gasteiger partial charge in [-0.05, 0) is 47.1 Å². The minimum Gasteiger partial charge on any atom is -0.289 e. The van der Waals surface area contributed by atoms with E-state index in [9.17, 15) is 4.79 Å². The molecule has 1 aromatic carbocycles. The standard InChI is InChI=1S/C17H12OS6/c1-19-16-17(20-2)24-15(23-16)10-5-7-21-13-9(10)3-4-11-12(18)6-8-22-14(11)13/h3-8H,1-2H3. The summed E-state index contributed by atoms with van der Waals surface area (Å²) >= 11 is 10.7. The number of rotatable bonds is 2. The number of allylic oxidation sites excluding steroid dienone is 2. The molecule has 0 radical (unpaired) electrons. The first kappa shape index (κ1) is 17.2. The van der Waals surface area contributed by atoms with Crippen LogP contribution in [0.2, 0.25) is 0 Å². The zero-order valence-electron chi connectivity index (χ0n) is 12.8. The van der Waals surface area contributed by atoms with Crippen LogP contribution in [-0.2, 0) is 0 Å². The molecule has 0 spiro atoms. The summed E-state index contributed by atoms with van der Waals surface area (Å²) in [4.78, 5) is 13.3. The Labute approximate surface area is 165 Å². The molecule has 2 aromatic rings. The van der Waals surface area contributed by atoms with Crippen molar-refractivity contribution in [2.75, 3.05) is 12.5 Å². The van der Waals surface area contributed by atoms with Gasteiger partial charge in [-0.25, -0.2) is 0 Å². The lowest BCUT2D eigenvalue weighted by Gasteiger charge is -2.17. The molecule has 2 aliphatic heterocycles. The predicted molar refractivity (Wildman–Crippen MR) is 119 cm³/mol. The van der Waals surface area contributed by atoms with Crippen molar-refractivity contribution >= 4 is 85.8 Å². The molecule has 4 rings (SSSR count). The second-order valence-electron chi connectivity index (χ2n) is 4.91. The third-order valence-corrected chi connectivity index (χ3v) is 10.9. The minimum atomic E-state index is 0.108. The van der Waals surface area contributed by atoms with Gasteiger partial charge >= 0.3 is 0 Å². The summed E-state index contributed by atoms with van der Waals surface area (Å²) in [6.07, 6.45) is 6.48. The Kier molecular flexibility index (Phi) is 5.18. The maximum absolute atomic E-state index is 12.1. The largest absolute Gasteiger partial charge is 0.289 e. The smallest absolute Gasteiger partial charge is 0.188 e. The van der Waals surface area contributed by atoms with E-state index in [1.807, 2.05) is 58.5 Å². The van der Waals surface area contributed by atoms with Crippen molar-refractivity contribution in [1.29, 1.82) is 0 Å². The van der Waals surface area contributed by atoms with E-state index in [4.69, 9.17) is 0 Å². The Morgan fingerprint density at radius 1 is 1.00 bits per heavy atom. The molecule has 1 nitrogen and oxygen atoms in total. The molecule has 0 saturated carbocycles. The van der Waals surface area contributed by atoms with Gasteiger partial charge in [0.1, 0.15) is 0 Å². The maximum atomic E-state index is 12.1. The van der Waals surface area contributed by atoms with E-state index in [2.05, 4.69) is 30.1 Å². The molecule has 7 heteroatoms. The Morgan fingerprint density at radius 3 is 2.46 bits per heavy atom. The summed E-state index contributed by atoms with van der Waals surface area (Å²) in [5, 5.41) is 4.87. The third-order valence-electron chi connectivity index (χ3n) is 3.62. The predicted octanol–water partition coefficient (Wildman–Crippen LogP) is 6.88. The summed E-state index contributed by atoms with van der Waals surface area (Å²) in [7, 11) is 0. The van der Waals surface area contributed by atoms with Crippen molar-refractivity contribution in [1.82, 2.24) is 0 Å². The Bertz CT molecular complexity index is 964. The fraction of sp³-hybridized carbons (Fsp3) is 0.118.